The van der Waals surface area contributed by atoms with Crippen molar-refractivity contribution in [2.45, 2.75) is 13.5 Å². The van der Waals surface area contributed by atoms with E-state index in [1.165, 1.54) is 0 Å². The van der Waals surface area contributed by atoms with Gasteiger partial charge in [-0.15, -0.1) is 0 Å². The molecule has 20 heavy (non-hydrogen) atoms. The van der Waals surface area contributed by atoms with Crippen LogP contribution in [0.4, 0.5) is 5.69 Å². The van der Waals surface area contributed by atoms with Crippen molar-refractivity contribution in [2.24, 2.45) is 0 Å². The van der Waals surface area contributed by atoms with Crippen molar-refractivity contribution in [3.63, 3.8) is 0 Å². The first-order valence-corrected chi connectivity index (χ1v) is 7.12. The maximum absolute atomic E-state index is 5.86. The second-order valence-electron chi connectivity index (χ2n) is 4.94. The quantitative estimate of drug-likeness (QED) is 0.881. The molecule has 3 nitrogen and oxygen atoms in total. The molecule has 1 heterocycles. The van der Waals surface area contributed by atoms with Crippen LogP contribution in [-0.4, -0.2) is 30.0 Å². The fourth-order valence-corrected chi connectivity index (χ4v) is 2.13. The number of likely N-dealkylation sites (N-methyl/N-ethyl adjacent to an activating group) is 1. The zero-order valence-corrected chi connectivity index (χ0v) is 12.7. The van der Waals surface area contributed by atoms with E-state index >= 15 is 0 Å². The van der Waals surface area contributed by atoms with E-state index in [0.717, 1.165) is 41.7 Å². The van der Waals surface area contributed by atoms with Gasteiger partial charge in [0.15, 0.2) is 0 Å². The Morgan fingerprint density at radius 2 is 1.90 bits per heavy atom. The summed E-state index contributed by atoms with van der Waals surface area (Å²) < 4.78 is 0. The van der Waals surface area contributed by atoms with Crippen LogP contribution < -0.4 is 5.32 Å². The van der Waals surface area contributed by atoms with Crippen LogP contribution in [0.25, 0.3) is 0 Å². The van der Waals surface area contributed by atoms with Crippen LogP contribution in [-0.2, 0) is 6.54 Å². The predicted octanol–water partition coefficient (Wildman–Crippen LogP) is 3.59. The summed E-state index contributed by atoms with van der Waals surface area (Å²) in [5.74, 6) is 0. The number of hydrogen-bond acceptors (Lipinski definition) is 3. The molecule has 0 saturated carbocycles. The molecule has 0 spiro atoms. The lowest BCUT2D eigenvalue weighted by atomic mass is 10.3. The highest BCUT2D eigenvalue weighted by molar-refractivity contribution is 6.30. The Morgan fingerprint density at radius 1 is 1.15 bits per heavy atom. The molecule has 1 N–H and O–H groups in total. The van der Waals surface area contributed by atoms with Gasteiger partial charge in [-0.2, -0.15) is 0 Å². The Balaban J connectivity index is 1.75. The zero-order valence-electron chi connectivity index (χ0n) is 11.9. The number of nitrogens with one attached hydrogen (secondary N) is 1. The second kappa shape index (κ2) is 7.27. The normalized spacial score (nSPS) is 10.8. The largest absolute Gasteiger partial charge is 0.384 e. The van der Waals surface area contributed by atoms with Crippen LogP contribution in [0.3, 0.4) is 0 Å². The van der Waals surface area contributed by atoms with Gasteiger partial charge in [0.2, 0.25) is 0 Å². The fraction of sp³-hybridized carbons (Fsp3) is 0.312. The van der Waals surface area contributed by atoms with Crippen molar-refractivity contribution in [3.8, 4) is 0 Å². The molecule has 4 heteroatoms. The van der Waals surface area contributed by atoms with Crippen LogP contribution >= 0.6 is 11.6 Å². The van der Waals surface area contributed by atoms with E-state index in [4.69, 9.17) is 11.6 Å². The van der Waals surface area contributed by atoms with Crippen molar-refractivity contribution in [3.05, 3.63) is 58.9 Å². The molecule has 0 aliphatic rings. The number of aromatic nitrogens is 1. The lowest BCUT2D eigenvalue weighted by molar-refractivity contribution is 0.335. The van der Waals surface area contributed by atoms with Crippen molar-refractivity contribution >= 4 is 17.3 Å². The third-order valence-electron chi connectivity index (χ3n) is 3.04. The van der Waals surface area contributed by atoms with Crippen LogP contribution in [0.1, 0.15) is 11.4 Å². The molecule has 2 aromatic rings. The summed E-state index contributed by atoms with van der Waals surface area (Å²) >= 11 is 5.86. The molecule has 0 fully saturated rings. The summed E-state index contributed by atoms with van der Waals surface area (Å²) in [7, 11) is 2.10. The molecule has 0 aliphatic carbocycles. The van der Waals surface area contributed by atoms with Gasteiger partial charge >= 0.3 is 0 Å². The van der Waals surface area contributed by atoms with Gasteiger partial charge in [0, 0.05) is 36.0 Å². The van der Waals surface area contributed by atoms with E-state index < -0.39 is 0 Å². The molecule has 0 atom stereocenters. The second-order valence-corrected chi connectivity index (χ2v) is 5.38. The average Bonchev–Trinajstić information content (AvgIpc) is 2.41. The number of nitrogens with zero attached hydrogens (tertiary/aromatic N) is 2. The number of hydrogen-bond donors (Lipinski definition) is 1. The lowest BCUT2D eigenvalue weighted by Gasteiger charge is -2.17. The summed E-state index contributed by atoms with van der Waals surface area (Å²) in [6.45, 7) is 4.73. The van der Waals surface area contributed by atoms with Gasteiger partial charge in [-0.25, -0.2) is 0 Å². The number of benzene rings is 1. The highest BCUT2D eigenvalue weighted by Gasteiger charge is 2.01. The Hall–Kier alpha value is -1.58. The van der Waals surface area contributed by atoms with Gasteiger partial charge in [0.1, 0.15) is 0 Å². The topological polar surface area (TPSA) is 28.2 Å². The highest BCUT2D eigenvalue weighted by atomic mass is 35.5. The minimum absolute atomic E-state index is 0.762. The molecule has 0 radical (unpaired) electrons. The maximum Gasteiger partial charge on any atom is 0.0547 e. The van der Waals surface area contributed by atoms with Crippen LogP contribution in [0.5, 0.6) is 0 Å². The maximum atomic E-state index is 5.86. The number of rotatable bonds is 6. The molecule has 0 amide bonds. The Morgan fingerprint density at radius 3 is 2.60 bits per heavy atom. The van der Waals surface area contributed by atoms with Crippen LogP contribution in [0.2, 0.25) is 5.02 Å². The molecule has 0 saturated heterocycles. The molecule has 106 valence electrons. The third kappa shape index (κ3) is 4.83. The Bertz CT molecular complexity index is 540. The summed E-state index contributed by atoms with van der Waals surface area (Å²) in [5.41, 5.74) is 3.27. The standard InChI is InChI=1S/C16H20ClN3/c1-13-4-3-5-16(19-13)12-20(2)11-10-18-15-8-6-14(17)7-9-15/h3-9,18H,10-12H2,1-2H3. The van der Waals surface area contributed by atoms with Crippen molar-refractivity contribution in [1.82, 2.24) is 9.88 Å². The third-order valence-corrected chi connectivity index (χ3v) is 3.30. The van der Waals surface area contributed by atoms with Gasteiger partial charge < -0.3 is 5.32 Å². The van der Waals surface area contributed by atoms with Crippen LogP contribution in [0.15, 0.2) is 42.5 Å². The van der Waals surface area contributed by atoms with Crippen molar-refractivity contribution in [1.29, 1.82) is 0 Å². The van der Waals surface area contributed by atoms with Crippen molar-refractivity contribution < 1.29 is 0 Å². The van der Waals surface area contributed by atoms with Gasteiger partial charge in [-0.1, -0.05) is 17.7 Å². The fourth-order valence-electron chi connectivity index (χ4n) is 2.00. The molecule has 0 bridgehead atoms. The van der Waals surface area contributed by atoms with E-state index in [1.54, 1.807) is 0 Å². The number of anilines is 1. The predicted molar refractivity (Wildman–Crippen MR) is 85.2 cm³/mol. The lowest BCUT2D eigenvalue weighted by Crippen LogP contribution is -2.25. The smallest absolute Gasteiger partial charge is 0.0547 e. The van der Waals surface area contributed by atoms with Gasteiger partial charge in [-0.3, -0.25) is 9.88 Å². The van der Waals surface area contributed by atoms with E-state index in [-0.39, 0.29) is 0 Å². The van der Waals surface area contributed by atoms with Gasteiger partial charge in [0.25, 0.3) is 0 Å². The van der Waals surface area contributed by atoms with Gasteiger partial charge in [-0.05, 0) is 50.4 Å². The first-order valence-electron chi connectivity index (χ1n) is 6.74. The molecule has 1 aromatic heterocycles. The Kier molecular flexibility index (Phi) is 5.39. The van der Waals surface area contributed by atoms with E-state index in [2.05, 4.69) is 34.4 Å². The minimum atomic E-state index is 0.762. The summed E-state index contributed by atoms with van der Waals surface area (Å²) in [4.78, 5) is 6.77. The highest BCUT2D eigenvalue weighted by Crippen LogP contribution is 2.13. The molecule has 0 aliphatic heterocycles. The first-order chi connectivity index (χ1) is 9.63. The number of pyridine rings is 1. The van der Waals surface area contributed by atoms with E-state index in [9.17, 15) is 0 Å². The first kappa shape index (κ1) is 14.8. The number of aryl methyl sites for hydroxylation is 1. The monoisotopic (exact) mass is 289 g/mol. The molecular formula is C16H20ClN3. The Labute approximate surface area is 125 Å². The zero-order chi connectivity index (χ0) is 14.4. The number of halogens is 1. The summed E-state index contributed by atoms with van der Waals surface area (Å²) in [6.07, 6.45) is 0. The summed E-state index contributed by atoms with van der Waals surface area (Å²) in [6, 6.07) is 13.9. The molecule has 2 rings (SSSR count). The van der Waals surface area contributed by atoms with E-state index in [0.29, 0.717) is 0 Å². The molecular weight excluding hydrogens is 270 g/mol. The SMILES string of the molecule is Cc1cccc(CN(C)CCNc2ccc(Cl)cc2)n1. The molecule has 0 unspecified atom stereocenters. The van der Waals surface area contributed by atoms with Gasteiger partial charge in [0.05, 0.1) is 5.69 Å². The molecule has 1 aromatic carbocycles. The average molecular weight is 290 g/mol. The van der Waals surface area contributed by atoms with Crippen LogP contribution in [0, 0.1) is 6.92 Å². The van der Waals surface area contributed by atoms with E-state index in [1.807, 2.05) is 37.3 Å². The summed E-state index contributed by atoms with van der Waals surface area (Å²) in [5, 5.41) is 4.14. The van der Waals surface area contributed by atoms with Crippen molar-refractivity contribution in [2.75, 3.05) is 25.5 Å². The minimum Gasteiger partial charge on any atom is -0.384 e.